The zero-order valence-electron chi connectivity index (χ0n) is 18.4. The van der Waals surface area contributed by atoms with Crippen LogP contribution in [0.2, 0.25) is 0 Å². The topological polar surface area (TPSA) is 66.8 Å². The maximum Gasteiger partial charge on any atom is 0.335 e. The van der Waals surface area contributed by atoms with Gasteiger partial charge in [-0.05, 0) is 41.1 Å². The van der Waals surface area contributed by atoms with Gasteiger partial charge in [-0.25, -0.2) is 4.79 Å². The highest BCUT2D eigenvalue weighted by molar-refractivity contribution is 6.11. The van der Waals surface area contributed by atoms with E-state index in [1.807, 2.05) is 72.8 Å². The van der Waals surface area contributed by atoms with E-state index >= 15 is 0 Å². The second-order valence-corrected chi connectivity index (χ2v) is 7.92. The molecule has 0 unspecified atom stereocenters. The molecule has 0 heterocycles. The highest BCUT2D eigenvalue weighted by atomic mass is 16.5. The van der Waals surface area contributed by atoms with Gasteiger partial charge in [0.25, 0.3) is 5.91 Å². The predicted molar refractivity (Wildman–Crippen MR) is 129 cm³/mol. The SMILES string of the molecule is CN(CCc1ccccc1)C(=O)c1cc(C(=O)O)cc2c(OCc3ccccc3)cccc12. The van der Waals surface area contributed by atoms with E-state index in [2.05, 4.69) is 0 Å². The normalized spacial score (nSPS) is 10.7. The first kappa shape index (κ1) is 22.1. The van der Waals surface area contributed by atoms with Crippen LogP contribution in [-0.4, -0.2) is 35.5 Å². The summed E-state index contributed by atoms with van der Waals surface area (Å²) in [5.41, 5.74) is 2.54. The Morgan fingerprint density at radius 1 is 0.818 bits per heavy atom. The molecule has 0 aliphatic carbocycles. The van der Waals surface area contributed by atoms with Gasteiger partial charge in [-0.2, -0.15) is 0 Å². The molecule has 0 radical (unpaired) electrons. The van der Waals surface area contributed by atoms with Gasteiger partial charge in [0.1, 0.15) is 12.4 Å². The fourth-order valence-electron chi connectivity index (χ4n) is 3.77. The molecule has 4 rings (SSSR count). The van der Waals surface area contributed by atoms with E-state index in [1.165, 1.54) is 6.07 Å². The van der Waals surface area contributed by atoms with Crippen molar-refractivity contribution in [3.8, 4) is 5.75 Å². The molecule has 33 heavy (non-hydrogen) atoms. The lowest BCUT2D eigenvalue weighted by Crippen LogP contribution is -2.29. The van der Waals surface area contributed by atoms with Gasteiger partial charge in [0.2, 0.25) is 0 Å². The number of likely N-dealkylation sites (N-methyl/N-ethyl adjacent to an activating group) is 1. The summed E-state index contributed by atoms with van der Waals surface area (Å²) < 4.78 is 6.02. The van der Waals surface area contributed by atoms with Gasteiger partial charge < -0.3 is 14.7 Å². The minimum absolute atomic E-state index is 0.0538. The Morgan fingerprint density at radius 2 is 1.48 bits per heavy atom. The van der Waals surface area contributed by atoms with Crippen molar-refractivity contribution in [2.24, 2.45) is 0 Å². The number of carboxylic acid groups (broad SMARTS) is 1. The molecule has 5 nitrogen and oxygen atoms in total. The van der Waals surface area contributed by atoms with Crippen LogP contribution in [0.15, 0.2) is 91.0 Å². The fourth-order valence-corrected chi connectivity index (χ4v) is 3.77. The quantitative estimate of drug-likeness (QED) is 0.397. The van der Waals surface area contributed by atoms with Crippen LogP contribution in [0.25, 0.3) is 10.8 Å². The third kappa shape index (κ3) is 5.21. The monoisotopic (exact) mass is 439 g/mol. The predicted octanol–water partition coefficient (Wildman–Crippen LogP) is 5.43. The second-order valence-electron chi connectivity index (χ2n) is 7.92. The van der Waals surface area contributed by atoms with Crippen molar-refractivity contribution in [3.05, 3.63) is 113 Å². The summed E-state index contributed by atoms with van der Waals surface area (Å²) in [6.07, 6.45) is 0.713. The maximum absolute atomic E-state index is 13.3. The Morgan fingerprint density at radius 3 is 2.15 bits per heavy atom. The summed E-state index contributed by atoms with van der Waals surface area (Å²) in [5.74, 6) is -0.768. The first-order valence-electron chi connectivity index (χ1n) is 10.8. The van der Waals surface area contributed by atoms with Crippen LogP contribution >= 0.6 is 0 Å². The number of amides is 1. The van der Waals surface area contributed by atoms with Crippen molar-refractivity contribution in [1.82, 2.24) is 4.90 Å². The number of ether oxygens (including phenoxy) is 1. The molecule has 0 aliphatic heterocycles. The van der Waals surface area contributed by atoms with E-state index < -0.39 is 5.97 Å². The van der Waals surface area contributed by atoms with Gasteiger partial charge in [-0.1, -0.05) is 72.8 Å². The third-order valence-electron chi connectivity index (χ3n) is 5.60. The Balaban J connectivity index is 1.65. The van der Waals surface area contributed by atoms with Crippen molar-refractivity contribution >= 4 is 22.6 Å². The number of hydrogen-bond acceptors (Lipinski definition) is 3. The van der Waals surface area contributed by atoms with E-state index in [0.717, 1.165) is 11.1 Å². The minimum Gasteiger partial charge on any atom is -0.488 e. The van der Waals surface area contributed by atoms with Crippen LogP contribution in [-0.2, 0) is 13.0 Å². The Kier molecular flexibility index (Phi) is 6.69. The molecule has 0 bridgehead atoms. The lowest BCUT2D eigenvalue weighted by atomic mass is 9.99. The Bertz CT molecular complexity index is 1270. The lowest BCUT2D eigenvalue weighted by molar-refractivity contribution is 0.0697. The molecule has 0 saturated heterocycles. The molecule has 0 aromatic heterocycles. The molecule has 1 N–H and O–H groups in total. The number of rotatable bonds is 8. The molecule has 5 heteroatoms. The van der Waals surface area contributed by atoms with Gasteiger partial charge in [0.05, 0.1) is 5.56 Å². The fraction of sp³-hybridized carbons (Fsp3) is 0.143. The molecule has 0 spiro atoms. The minimum atomic E-state index is -1.09. The Hall–Kier alpha value is -4.12. The number of benzene rings is 4. The van der Waals surface area contributed by atoms with E-state index in [4.69, 9.17) is 4.74 Å². The average Bonchev–Trinajstić information content (AvgIpc) is 2.86. The van der Waals surface area contributed by atoms with Gasteiger partial charge in [-0.3, -0.25) is 4.79 Å². The molecule has 0 saturated carbocycles. The van der Waals surface area contributed by atoms with Crippen molar-refractivity contribution in [1.29, 1.82) is 0 Å². The van der Waals surface area contributed by atoms with Gasteiger partial charge in [0, 0.05) is 24.5 Å². The molecular weight excluding hydrogens is 414 g/mol. The van der Waals surface area contributed by atoms with Gasteiger partial charge in [0.15, 0.2) is 0 Å². The first-order chi connectivity index (χ1) is 16.0. The molecule has 4 aromatic rings. The molecular formula is C28H25NO4. The van der Waals surface area contributed by atoms with Crippen LogP contribution in [0, 0.1) is 0 Å². The number of carbonyl (C=O) groups is 2. The van der Waals surface area contributed by atoms with Crippen molar-refractivity contribution in [3.63, 3.8) is 0 Å². The van der Waals surface area contributed by atoms with E-state index in [9.17, 15) is 14.7 Å². The summed E-state index contributed by atoms with van der Waals surface area (Å²) in [4.78, 5) is 26.8. The molecule has 0 atom stereocenters. The van der Waals surface area contributed by atoms with Crippen molar-refractivity contribution in [2.75, 3.05) is 13.6 Å². The van der Waals surface area contributed by atoms with Crippen LogP contribution in [0.4, 0.5) is 0 Å². The summed E-state index contributed by atoms with van der Waals surface area (Å²) >= 11 is 0. The summed E-state index contributed by atoms with van der Waals surface area (Å²) in [5, 5.41) is 10.9. The Labute approximate surface area is 192 Å². The van der Waals surface area contributed by atoms with Crippen LogP contribution in [0.5, 0.6) is 5.75 Å². The van der Waals surface area contributed by atoms with Gasteiger partial charge in [-0.15, -0.1) is 0 Å². The number of nitrogens with zero attached hydrogens (tertiary/aromatic N) is 1. The van der Waals surface area contributed by atoms with E-state index in [0.29, 0.717) is 41.7 Å². The van der Waals surface area contributed by atoms with Crippen molar-refractivity contribution < 1.29 is 19.4 Å². The summed E-state index contributed by atoms with van der Waals surface area (Å²) in [6, 6.07) is 28.1. The molecule has 4 aromatic carbocycles. The maximum atomic E-state index is 13.3. The zero-order chi connectivity index (χ0) is 23.2. The molecule has 166 valence electrons. The third-order valence-corrected chi connectivity index (χ3v) is 5.60. The zero-order valence-corrected chi connectivity index (χ0v) is 18.4. The van der Waals surface area contributed by atoms with Gasteiger partial charge >= 0.3 is 5.97 Å². The van der Waals surface area contributed by atoms with Crippen LogP contribution in [0.3, 0.4) is 0 Å². The first-order valence-corrected chi connectivity index (χ1v) is 10.8. The smallest absolute Gasteiger partial charge is 0.335 e. The van der Waals surface area contributed by atoms with E-state index in [-0.39, 0.29) is 11.5 Å². The number of fused-ring (bicyclic) bond motifs is 1. The molecule has 1 amide bonds. The average molecular weight is 440 g/mol. The number of carbonyl (C=O) groups excluding carboxylic acids is 1. The lowest BCUT2D eigenvalue weighted by Gasteiger charge is -2.19. The van der Waals surface area contributed by atoms with Crippen LogP contribution in [0.1, 0.15) is 31.8 Å². The molecule has 0 aliphatic rings. The van der Waals surface area contributed by atoms with E-state index in [1.54, 1.807) is 24.1 Å². The number of hydrogen-bond donors (Lipinski definition) is 1. The second kappa shape index (κ2) is 10.0. The summed E-state index contributed by atoms with van der Waals surface area (Å²) in [7, 11) is 1.74. The van der Waals surface area contributed by atoms with Crippen molar-refractivity contribution in [2.45, 2.75) is 13.0 Å². The standard InChI is InChI=1S/C28H25NO4/c1-29(16-15-20-9-4-2-5-10-20)27(30)25-18-22(28(31)32)17-24-23(25)13-8-14-26(24)33-19-21-11-6-3-7-12-21/h2-14,17-18H,15-16,19H2,1H3,(H,31,32). The number of aromatic carboxylic acids is 1. The largest absolute Gasteiger partial charge is 0.488 e. The molecule has 0 fully saturated rings. The van der Waals surface area contributed by atoms with Crippen LogP contribution < -0.4 is 4.74 Å². The summed E-state index contributed by atoms with van der Waals surface area (Å²) in [6.45, 7) is 0.864. The highest BCUT2D eigenvalue weighted by Gasteiger charge is 2.19. The highest BCUT2D eigenvalue weighted by Crippen LogP contribution is 2.31. The number of carboxylic acids is 1.